The van der Waals surface area contributed by atoms with Crippen molar-refractivity contribution in [3.05, 3.63) is 41.5 Å². The number of hydrogen-bond donors (Lipinski definition) is 0. The van der Waals surface area contributed by atoms with Gasteiger partial charge in [-0.3, -0.25) is 4.79 Å². The van der Waals surface area contributed by atoms with Crippen LogP contribution < -0.4 is 0 Å². The number of allylic oxidation sites excluding steroid dienone is 1. The molecular formula is C23H33ClN2O. The minimum absolute atomic E-state index is 0. The van der Waals surface area contributed by atoms with Crippen molar-refractivity contribution in [1.29, 1.82) is 0 Å². The molecule has 2 fully saturated rings. The van der Waals surface area contributed by atoms with E-state index >= 15 is 0 Å². The molecule has 2 saturated heterocycles. The first-order valence-electron chi connectivity index (χ1n) is 10.4. The Morgan fingerprint density at radius 1 is 1.11 bits per heavy atom. The Morgan fingerprint density at radius 2 is 1.81 bits per heavy atom. The lowest BCUT2D eigenvalue weighted by Gasteiger charge is -2.20. The minimum Gasteiger partial charge on any atom is -0.342 e. The van der Waals surface area contributed by atoms with Crippen LogP contribution in [0.4, 0.5) is 0 Å². The lowest BCUT2D eigenvalue weighted by Crippen LogP contribution is -2.32. The van der Waals surface area contributed by atoms with E-state index in [1.807, 2.05) is 13.8 Å². The Bertz CT molecular complexity index is 676. The van der Waals surface area contributed by atoms with E-state index < -0.39 is 0 Å². The lowest BCUT2D eigenvalue weighted by molar-refractivity contribution is -0.133. The van der Waals surface area contributed by atoms with E-state index in [2.05, 4.69) is 40.1 Å². The number of hydrogen-bond acceptors (Lipinski definition) is 2. The maximum atomic E-state index is 12.3. The van der Waals surface area contributed by atoms with Gasteiger partial charge in [-0.1, -0.05) is 44.2 Å². The second-order valence-corrected chi connectivity index (χ2v) is 8.66. The van der Waals surface area contributed by atoms with E-state index in [0.717, 1.165) is 25.9 Å². The topological polar surface area (TPSA) is 23.6 Å². The van der Waals surface area contributed by atoms with Gasteiger partial charge >= 0.3 is 0 Å². The van der Waals surface area contributed by atoms with Crippen molar-refractivity contribution in [3.63, 3.8) is 0 Å². The summed E-state index contributed by atoms with van der Waals surface area (Å²) in [6.07, 6.45) is 7.43. The Balaban J connectivity index is 0.00000210. The third-order valence-corrected chi connectivity index (χ3v) is 6.49. The molecule has 3 aliphatic rings. The normalized spacial score (nSPS) is 24.9. The van der Waals surface area contributed by atoms with E-state index in [1.165, 1.54) is 49.2 Å². The molecular weight excluding hydrogens is 356 g/mol. The Hall–Kier alpha value is -1.32. The van der Waals surface area contributed by atoms with E-state index in [4.69, 9.17) is 0 Å². The summed E-state index contributed by atoms with van der Waals surface area (Å²) in [7, 11) is 0. The molecule has 2 aliphatic heterocycles. The largest absolute Gasteiger partial charge is 0.342 e. The van der Waals surface area contributed by atoms with E-state index in [1.54, 1.807) is 0 Å². The van der Waals surface area contributed by atoms with Crippen LogP contribution in [0.5, 0.6) is 0 Å². The van der Waals surface area contributed by atoms with Gasteiger partial charge in [-0.25, -0.2) is 0 Å². The molecule has 4 heteroatoms. The Morgan fingerprint density at radius 3 is 2.48 bits per heavy atom. The highest BCUT2D eigenvalue weighted by atomic mass is 35.5. The van der Waals surface area contributed by atoms with Crippen molar-refractivity contribution >= 4 is 23.9 Å². The number of carbonyl (C=O) groups is 1. The molecule has 1 aliphatic carbocycles. The summed E-state index contributed by atoms with van der Waals surface area (Å²) in [6, 6.07) is 9.23. The van der Waals surface area contributed by atoms with Crippen molar-refractivity contribution in [1.82, 2.24) is 9.80 Å². The Kier molecular flexibility index (Phi) is 6.65. The second-order valence-electron chi connectivity index (χ2n) is 8.66. The predicted molar refractivity (Wildman–Crippen MR) is 114 cm³/mol. The van der Waals surface area contributed by atoms with E-state index in [-0.39, 0.29) is 18.3 Å². The van der Waals surface area contributed by atoms with Gasteiger partial charge in [0.25, 0.3) is 0 Å². The molecule has 2 atom stereocenters. The molecule has 1 amide bonds. The van der Waals surface area contributed by atoms with Crippen LogP contribution in [-0.4, -0.2) is 48.4 Å². The zero-order chi connectivity index (χ0) is 18.1. The molecule has 27 heavy (non-hydrogen) atoms. The number of fused-ring (bicyclic) bond motifs is 1. The smallest absolute Gasteiger partial charge is 0.225 e. The number of amides is 1. The third kappa shape index (κ3) is 4.41. The first-order chi connectivity index (χ1) is 12.6. The molecule has 148 valence electrons. The highest BCUT2D eigenvalue weighted by Gasteiger charge is 2.40. The lowest BCUT2D eigenvalue weighted by atomic mass is 9.90. The van der Waals surface area contributed by atoms with Gasteiger partial charge in [0.05, 0.1) is 0 Å². The number of likely N-dealkylation sites (tertiary alicyclic amines) is 2. The van der Waals surface area contributed by atoms with Crippen LogP contribution >= 0.6 is 12.4 Å². The first kappa shape index (κ1) is 20.4. The summed E-state index contributed by atoms with van der Waals surface area (Å²) in [4.78, 5) is 17.0. The summed E-state index contributed by atoms with van der Waals surface area (Å²) < 4.78 is 0. The van der Waals surface area contributed by atoms with Gasteiger partial charge in [-0.2, -0.15) is 0 Å². The summed E-state index contributed by atoms with van der Waals surface area (Å²) in [5.74, 6) is 1.59. The summed E-state index contributed by atoms with van der Waals surface area (Å²) >= 11 is 0. The molecule has 3 nitrogen and oxygen atoms in total. The van der Waals surface area contributed by atoms with Crippen LogP contribution in [0, 0.1) is 17.8 Å². The molecule has 0 saturated carbocycles. The molecule has 0 N–H and O–H groups in total. The Labute approximate surface area is 170 Å². The van der Waals surface area contributed by atoms with E-state index in [9.17, 15) is 4.79 Å². The predicted octanol–water partition coefficient (Wildman–Crippen LogP) is 4.26. The van der Waals surface area contributed by atoms with Crippen LogP contribution in [-0.2, 0) is 11.2 Å². The quantitative estimate of drug-likeness (QED) is 0.752. The molecule has 2 heterocycles. The van der Waals surface area contributed by atoms with Gasteiger partial charge in [-0.15, -0.1) is 12.4 Å². The van der Waals surface area contributed by atoms with Gasteiger partial charge in [0.1, 0.15) is 0 Å². The van der Waals surface area contributed by atoms with Gasteiger partial charge < -0.3 is 9.80 Å². The summed E-state index contributed by atoms with van der Waals surface area (Å²) in [5, 5.41) is 0. The number of rotatable bonds is 5. The molecule has 1 aromatic carbocycles. The highest BCUT2D eigenvalue weighted by molar-refractivity contribution is 5.85. The number of halogens is 1. The average Bonchev–Trinajstić information content (AvgIpc) is 3.36. The highest BCUT2D eigenvalue weighted by Crippen LogP contribution is 2.43. The van der Waals surface area contributed by atoms with Crippen molar-refractivity contribution in [2.45, 2.75) is 39.5 Å². The maximum absolute atomic E-state index is 12.3. The van der Waals surface area contributed by atoms with Crippen LogP contribution in [0.3, 0.4) is 0 Å². The van der Waals surface area contributed by atoms with Crippen LogP contribution in [0.2, 0.25) is 0 Å². The molecule has 0 radical (unpaired) electrons. The van der Waals surface area contributed by atoms with E-state index in [0.29, 0.717) is 17.7 Å². The number of benzene rings is 1. The molecule has 2 unspecified atom stereocenters. The van der Waals surface area contributed by atoms with Gasteiger partial charge in [-0.05, 0) is 61.4 Å². The maximum Gasteiger partial charge on any atom is 0.225 e. The monoisotopic (exact) mass is 388 g/mol. The molecule has 1 aromatic rings. The molecule has 4 rings (SSSR count). The number of carbonyl (C=O) groups excluding carboxylic acids is 1. The fourth-order valence-electron chi connectivity index (χ4n) is 4.93. The van der Waals surface area contributed by atoms with Crippen molar-refractivity contribution < 1.29 is 4.79 Å². The first-order valence-corrected chi connectivity index (χ1v) is 10.4. The molecule has 0 bridgehead atoms. The summed E-state index contributed by atoms with van der Waals surface area (Å²) in [6.45, 7) is 9.61. The minimum atomic E-state index is 0. The van der Waals surface area contributed by atoms with Crippen molar-refractivity contribution in [2.24, 2.45) is 17.8 Å². The average molecular weight is 389 g/mol. The fourth-order valence-corrected chi connectivity index (χ4v) is 4.93. The second kappa shape index (κ2) is 8.79. The van der Waals surface area contributed by atoms with Crippen LogP contribution in [0.15, 0.2) is 30.3 Å². The summed E-state index contributed by atoms with van der Waals surface area (Å²) in [5.41, 5.74) is 4.28. The zero-order valence-electron chi connectivity index (χ0n) is 16.7. The van der Waals surface area contributed by atoms with Crippen LogP contribution in [0.25, 0.3) is 5.57 Å². The van der Waals surface area contributed by atoms with Crippen molar-refractivity contribution in [2.75, 3.05) is 32.7 Å². The molecule has 0 spiro atoms. The molecule has 0 aromatic heterocycles. The standard InChI is InChI=1S/C23H32N2O.ClH/c1-17(2)23(26)25-15-20-9-10-21(22(20)16-25)19-7-5-18(6-8-19)11-14-24-12-3-4-13-24;/h5-8,10,17,20,22H,3-4,9,11-16H2,1-2H3;1H. The number of nitrogens with zero attached hydrogens (tertiary/aromatic N) is 2. The van der Waals surface area contributed by atoms with Crippen molar-refractivity contribution in [3.8, 4) is 0 Å². The van der Waals surface area contributed by atoms with Crippen LogP contribution in [0.1, 0.15) is 44.2 Å². The van der Waals surface area contributed by atoms with Gasteiger partial charge in [0.2, 0.25) is 5.91 Å². The third-order valence-electron chi connectivity index (χ3n) is 6.49. The van der Waals surface area contributed by atoms with Gasteiger partial charge in [0.15, 0.2) is 0 Å². The SMILES string of the molecule is CC(C)C(=O)N1CC2CC=C(c3ccc(CCN4CCCC4)cc3)C2C1.Cl. The zero-order valence-corrected chi connectivity index (χ0v) is 17.5. The fraction of sp³-hybridized carbons (Fsp3) is 0.609. The van der Waals surface area contributed by atoms with Gasteiger partial charge in [0, 0.05) is 31.5 Å².